The molecule has 94 valence electrons. The van der Waals surface area contributed by atoms with Gasteiger partial charge in [-0.3, -0.25) is 9.69 Å². The van der Waals surface area contributed by atoms with Crippen molar-refractivity contribution in [3.05, 3.63) is 0 Å². The Bertz CT molecular complexity index is 322. The fourth-order valence-electron chi connectivity index (χ4n) is 1.45. The number of hydrogen-bond acceptors (Lipinski definition) is 5. The monoisotopic (exact) mass is 250 g/mol. The minimum absolute atomic E-state index is 0.0836. The molecule has 2 N–H and O–H groups in total. The molecule has 16 heavy (non-hydrogen) atoms. The minimum atomic E-state index is -3.16. The lowest BCUT2D eigenvalue weighted by atomic mass is 10.4. The van der Waals surface area contributed by atoms with E-state index in [1.165, 1.54) is 0 Å². The number of nitrogens with two attached hydrogens (primary N) is 1. The van der Waals surface area contributed by atoms with Gasteiger partial charge in [-0.2, -0.15) is 0 Å². The van der Waals surface area contributed by atoms with Crippen molar-refractivity contribution in [3.8, 4) is 0 Å². The smallest absolute Gasteiger partial charge is 0.218 e. The number of carbonyl (C=O) groups is 1. The number of nitrogens with zero attached hydrogens (tertiary/aromatic N) is 1. The summed E-state index contributed by atoms with van der Waals surface area (Å²) in [6.45, 7) is 3.35. The first kappa shape index (κ1) is 13.4. The number of hydrogen-bond donors (Lipinski definition) is 1. The van der Waals surface area contributed by atoms with Gasteiger partial charge < -0.3 is 10.5 Å². The molecule has 1 aliphatic heterocycles. The van der Waals surface area contributed by atoms with Crippen molar-refractivity contribution in [2.75, 3.05) is 44.4 Å². The average Bonchev–Trinajstić information content (AvgIpc) is 2.26. The average molecular weight is 250 g/mol. The van der Waals surface area contributed by atoms with Gasteiger partial charge in [0.2, 0.25) is 5.91 Å². The van der Waals surface area contributed by atoms with Crippen LogP contribution in [0.1, 0.15) is 6.42 Å². The molecule has 0 aromatic carbocycles. The van der Waals surface area contributed by atoms with Crippen LogP contribution < -0.4 is 5.73 Å². The molecule has 0 saturated carbocycles. The largest absolute Gasteiger partial charge is 0.379 e. The third kappa shape index (κ3) is 5.43. The second-order valence-electron chi connectivity index (χ2n) is 3.82. The van der Waals surface area contributed by atoms with Gasteiger partial charge in [0, 0.05) is 26.1 Å². The lowest BCUT2D eigenvalue weighted by Crippen LogP contribution is -2.39. The molecule has 0 aliphatic carbocycles. The summed E-state index contributed by atoms with van der Waals surface area (Å²) in [4.78, 5) is 12.5. The highest BCUT2D eigenvalue weighted by Gasteiger charge is 2.16. The molecular weight excluding hydrogens is 232 g/mol. The fourth-order valence-corrected chi connectivity index (χ4v) is 2.70. The lowest BCUT2D eigenvalue weighted by Gasteiger charge is -2.26. The zero-order valence-corrected chi connectivity index (χ0v) is 10.0. The number of primary amides is 1. The molecule has 0 aromatic rings. The van der Waals surface area contributed by atoms with E-state index in [0.717, 1.165) is 13.1 Å². The van der Waals surface area contributed by atoms with Gasteiger partial charge in [0.05, 0.1) is 24.7 Å². The molecule has 0 unspecified atom stereocenters. The van der Waals surface area contributed by atoms with E-state index in [-0.39, 0.29) is 17.9 Å². The topological polar surface area (TPSA) is 89.7 Å². The van der Waals surface area contributed by atoms with E-state index in [2.05, 4.69) is 0 Å². The molecule has 1 rings (SSSR count). The summed E-state index contributed by atoms with van der Waals surface area (Å²) in [5.41, 5.74) is 4.91. The Morgan fingerprint density at radius 3 is 2.44 bits per heavy atom. The number of morpholine rings is 1. The van der Waals surface area contributed by atoms with E-state index < -0.39 is 15.7 Å². The molecule has 1 fully saturated rings. The summed E-state index contributed by atoms with van der Waals surface area (Å²) < 4.78 is 28.2. The van der Waals surface area contributed by atoms with Crippen LogP contribution in [0.2, 0.25) is 0 Å². The van der Waals surface area contributed by atoms with E-state index in [1.54, 1.807) is 0 Å². The highest BCUT2D eigenvalue weighted by Crippen LogP contribution is 2.00. The van der Waals surface area contributed by atoms with Crippen LogP contribution in [0.5, 0.6) is 0 Å². The molecule has 7 heteroatoms. The maximum absolute atomic E-state index is 11.5. The Morgan fingerprint density at radius 2 is 1.88 bits per heavy atom. The van der Waals surface area contributed by atoms with E-state index in [9.17, 15) is 13.2 Å². The first-order valence-electron chi connectivity index (χ1n) is 5.28. The van der Waals surface area contributed by atoms with Gasteiger partial charge in [-0.1, -0.05) is 0 Å². The first-order valence-corrected chi connectivity index (χ1v) is 7.10. The number of rotatable bonds is 6. The second-order valence-corrected chi connectivity index (χ2v) is 6.13. The van der Waals surface area contributed by atoms with Crippen LogP contribution in [0.25, 0.3) is 0 Å². The number of ether oxygens (including phenoxy) is 1. The fraction of sp³-hybridized carbons (Fsp3) is 0.889. The van der Waals surface area contributed by atoms with E-state index in [1.807, 2.05) is 4.90 Å². The Kier molecular flexibility index (Phi) is 5.17. The molecule has 1 heterocycles. The number of amides is 1. The first-order chi connectivity index (χ1) is 7.49. The molecule has 1 saturated heterocycles. The van der Waals surface area contributed by atoms with Gasteiger partial charge in [-0.25, -0.2) is 8.42 Å². The van der Waals surface area contributed by atoms with E-state index in [0.29, 0.717) is 19.8 Å². The molecule has 0 aromatic heterocycles. The van der Waals surface area contributed by atoms with Crippen LogP contribution in [0.15, 0.2) is 0 Å². The van der Waals surface area contributed by atoms with E-state index in [4.69, 9.17) is 10.5 Å². The van der Waals surface area contributed by atoms with Crippen LogP contribution >= 0.6 is 0 Å². The Labute approximate surface area is 95.7 Å². The minimum Gasteiger partial charge on any atom is -0.379 e. The van der Waals surface area contributed by atoms with Crippen LogP contribution in [0.3, 0.4) is 0 Å². The van der Waals surface area contributed by atoms with Gasteiger partial charge in [-0.05, 0) is 0 Å². The predicted octanol–water partition coefficient (Wildman–Crippen LogP) is -1.39. The highest BCUT2D eigenvalue weighted by atomic mass is 32.2. The zero-order valence-electron chi connectivity index (χ0n) is 9.22. The Balaban J connectivity index is 2.26. The quantitative estimate of drug-likeness (QED) is 0.627. The van der Waals surface area contributed by atoms with Crippen LogP contribution in [0, 0.1) is 0 Å². The Morgan fingerprint density at radius 1 is 1.25 bits per heavy atom. The normalized spacial score (nSPS) is 18.5. The molecular formula is C9H18N2O4S. The van der Waals surface area contributed by atoms with Crippen LogP contribution in [0.4, 0.5) is 0 Å². The van der Waals surface area contributed by atoms with E-state index >= 15 is 0 Å². The third-order valence-corrected chi connectivity index (χ3v) is 4.11. The summed E-state index contributed by atoms with van der Waals surface area (Å²) in [6, 6.07) is 0. The summed E-state index contributed by atoms with van der Waals surface area (Å²) in [5.74, 6) is -0.637. The molecule has 1 amide bonds. The molecule has 0 bridgehead atoms. The van der Waals surface area contributed by atoms with Gasteiger partial charge >= 0.3 is 0 Å². The van der Waals surface area contributed by atoms with Gasteiger partial charge in [0.1, 0.15) is 0 Å². The van der Waals surface area contributed by atoms with Crippen molar-refractivity contribution in [3.63, 3.8) is 0 Å². The van der Waals surface area contributed by atoms with Crippen molar-refractivity contribution in [1.82, 2.24) is 4.90 Å². The summed E-state index contributed by atoms with van der Waals surface area (Å²) in [7, 11) is -3.16. The number of carbonyl (C=O) groups excluding carboxylic acids is 1. The van der Waals surface area contributed by atoms with Crippen molar-refractivity contribution in [1.29, 1.82) is 0 Å². The van der Waals surface area contributed by atoms with Gasteiger partial charge in [-0.15, -0.1) is 0 Å². The molecule has 6 nitrogen and oxygen atoms in total. The Hall–Kier alpha value is -0.660. The standard InChI is InChI=1S/C9H18N2O4S/c10-9(12)1-7-16(13,14)8-4-11-2-5-15-6-3-11/h1-8H2,(H2,10,12). The third-order valence-electron chi connectivity index (χ3n) is 2.48. The predicted molar refractivity (Wildman–Crippen MR) is 59.7 cm³/mol. The molecule has 0 spiro atoms. The summed E-state index contributed by atoms with van der Waals surface area (Å²) >= 11 is 0. The maximum Gasteiger partial charge on any atom is 0.218 e. The van der Waals surface area contributed by atoms with Crippen LogP contribution in [-0.2, 0) is 19.4 Å². The lowest BCUT2D eigenvalue weighted by molar-refractivity contribution is -0.117. The van der Waals surface area contributed by atoms with Crippen LogP contribution in [-0.4, -0.2) is 63.6 Å². The SMILES string of the molecule is NC(=O)CCS(=O)(=O)CCN1CCOCC1. The molecule has 1 aliphatic rings. The maximum atomic E-state index is 11.5. The summed E-state index contributed by atoms with van der Waals surface area (Å²) in [5, 5.41) is 0. The van der Waals surface area contributed by atoms with Crippen molar-refractivity contribution >= 4 is 15.7 Å². The summed E-state index contributed by atoms with van der Waals surface area (Å²) in [6.07, 6.45) is -0.0918. The zero-order chi connectivity index (χ0) is 12.0. The van der Waals surface area contributed by atoms with Gasteiger partial charge in [0.25, 0.3) is 0 Å². The van der Waals surface area contributed by atoms with Crippen molar-refractivity contribution in [2.45, 2.75) is 6.42 Å². The number of sulfone groups is 1. The van der Waals surface area contributed by atoms with Crippen molar-refractivity contribution < 1.29 is 17.9 Å². The van der Waals surface area contributed by atoms with Gasteiger partial charge in [0.15, 0.2) is 9.84 Å². The molecule has 0 radical (unpaired) electrons. The molecule has 0 atom stereocenters. The van der Waals surface area contributed by atoms with Crippen molar-refractivity contribution in [2.24, 2.45) is 5.73 Å². The second kappa shape index (κ2) is 6.17. The highest BCUT2D eigenvalue weighted by molar-refractivity contribution is 7.91.